The van der Waals surface area contributed by atoms with Crippen LogP contribution in [0.15, 0.2) is 60.7 Å². The van der Waals surface area contributed by atoms with Crippen LogP contribution in [0.25, 0.3) is 0 Å². The Hall–Kier alpha value is -1.93. The van der Waals surface area contributed by atoms with Gasteiger partial charge in [-0.1, -0.05) is 74.0 Å². The van der Waals surface area contributed by atoms with E-state index in [1.54, 1.807) is 0 Å². The molecule has 0 spiro atoms. The van der Waals surface area contributed by atoms with Crippen LogP contribution in [0.4, 0.5) is 0 Å². The van der Waals surface area contributed by atoms with E-state index in [0.29, 0.717) is 0 Å². The van der Waals surface area contributed by atoms with Crippen molar-refractivity contribution in [1.29, 1.82) is 0 Å². The summed E-state index contributed by atoms with van der Waals surface area (Å²) in [5, 5.41) is 0. The number of hydrogen-bond acceptors (Lipinski definition) is 2. The number of carbonyl (C=O) groups is 1. The smallest absolute Gasteiger partial charge is 0.124 e. The van der Waals surface area contributed by atoms with Crippen molar-refractivity contribution in [3.05, 3.63) is 71.8 Å². The minimum absolute atomic E-state index is 0.106. The predicted octanol–water partition coefficient (Wildman–Crippen LogP) is 4.87. The lowest BCUT2D eigenvalue weighted by Crippen LogP contribution is -2.32. The van der Waals surface area contributed by atoms with E-state index in [1.807, 2.05) is 12.1 Å². The maximum Gasteiger partial charge on any atom is 0.124 e. The Kier molecular flexibility index (Phi) is 7.02. The van der Waals surface area contributed by atoms with Crippen molar-refractivity contribution in [2.75, 3.05) is 6.54 Å². The van der Waals surface area contributed by atoms with E-state index in [0.717, 1.165) is 32.2 Å². The summed E-state index contributed by atoms with van der Waals surface area (Å²) in [4.78, 5) is 13.8. The summed E-state index contributed by atoms with van der Waals surface area (Å²) < 4.78 is 0. The SMILES string of the molecule is CCC[C@@H](C=O)CN(Cc1ccccc1)[C@@H](C)c1ccccc1. The topological polar surface area (TPSA) is 20.3 Å². The third kappa shape index (κ3) is 5.33. The van der Waals surface area contributed by atoms with E-state index >= 15 is 0 Å². The van der Waals surface area contributed by atoms with Gasteiger partial charge in [-0.15, -0.1) is 0 Å². The first-order valence-electron chi connectivity index (χ1n) is 8.52. The zero-order valence-corrected chi connectivity index (χ0v) is 14.2. The maximum absolute atomic E-state index is 11.4. The fourth-order valence-corrected chi connectivity index (χ4v) is 2.99. The lowest BCUT2D eigenvalue weighted by atomic mass is 10.0. The molecule has 0 unspecified atom stereocenters. The van der Waals surface area contributed by atoms with Gasteiger partial charge in [-0.2, -0.15) is 0 Å². The van der Waals surface area contributed by atoms with Crippen LogP contribution in [-0.4, -0.2) is 17.7 Å². The van der Waals surface area contributed by atoms with Crippen LogP contribution < -0.4 is 0 Å². The Morgan fingerprint density at radius 1 is 1.00 bits per heavy atom. The second kappa shape index (κ2) is 9.26. The molecule has 0 aliphatic carbocycles. The van der Waals surface area contributed by atoms with E-state index in [1.165, 1.54) is 11.1 Å². The van der Waals surface area contributed by atoms with Gasteiger partial charge < -0.3 is 4.79 Å². The van der Waals surface area contributed by atoms with Crippen LogP contribution in [-0.2, 0) is 11.3 Å². The number of rotatable bonds is 9. The molecule has 0 bridgehead atoms. The summed E-state index contributed by atoms with van der Waals surface area (Å²) in [5.74, 6) is 0.106. The molecule has 2 aromatic rings. The monoisotopic (exact) mass is 309 g/mol. The van der Waals surface area contributed by atoms with E-state index in [-0.39, 0.29) is 12.0 Å². The first-order valence-corrected chi connectivity index (χ1v) is 8.52. The first kappa shape index (κ1) is 17.4. The van der Waals surface area contributed by atoms with Crippen molar-refractivity contribution < 1.29 is 4.79 Å². The fraction of sp³-hybridized carbons (Fsp3) is 0.381. The van der Waals surface area contributed by atoms with E-state index < -0.39 is 0 Å². The highest BCUT2D eigenvalue weighted by Crippen LogP contribution is 2.24. The highest BCUT2D eigenvalue weighted by atomic mass is 16.1. The van der Waals surface area contributed by atoms with E-state index in [4.69, 9.17) is 0 Å². The molecule has 2 nitrogen and oxygen atoms in total. The average molecular weight is 309 g/mol. The van der Waals surface area contributed by atoms with Crippen molar-refractivity contribution in [3.8, 4) is 0 Å². The molecule has 0 N–H and O–H groups in total. The average Bonchev–Trinajstić information content (AvgIpc) is 2.61. The maximum atomic E-state index is 11.4. The highest BCUT2D eigenvalue weighted by Gasteiger charge is 2.20. The number of carbonyl (C=O) groups excluding carboxylic acids is 1. The largest absolute Gasteiger partial charge is 0.303 e. The molecule has 0 aliphatic heterocycles. The number of nitrogens with zero attached hydrogens (tertiary/aromatic N) is 1. The second-order valence-electron chi connectivity index (χ2n) is 6.19. The molecule has 0 aromatic heterocycles. The van der Waals surface area contributed by atoms with Crippen molar-refractivity contribution in [3.63, 3.8) is 0 Å². The number of aldehydes is 1. The summed E-state index contributed by atoms with van der Waals surface area (Å²) in [7, 11) is 0. The zero-order valence-electron chi connectivity index (χ0n) is 14.2. The van der Waals surface area contributed by atoms with Gasteiger partial charge in [0.1, 0.15) is 6.29 Å². The highest BCUT2D eigenvalue weighted by molar-refractivity contribution is 5.53. The van der Waals surface area contributed by atoms with Gasteiger partial charge in [0.25, 0.3) is 0 Å². The summed E-state index contributed by atoms with van der Waals surface area (Å²) in [6.45, 7) is 6.04. The molecule has 0 radical (unpaired) electrons. The molecule has 0 amide bonds. The Balaban J connectivity index is 2.17. The molecule has 0 heterocycles. The van der Waals surface area contributed by atoms with Crippen LogP contribution in [0, 0.1) is 5.92 Å². The molecule has 0 fully saturated rings. The summed E-state index contributed by atoms with van der Waals surface area (Å²) >= 11 is 0. The standard InChI is InChI=1S/C21H27NO/c1-3-10-20(17-23)16-22(15-19-11-6-4-7-12-19)18(2)21-13-8-5-9-14-21/h4-9,11-14,17-18,20H,3,10,15-16H2,1-2H3/t18-,20+/m0/s1. The molecule has 23 heavy (non-hydrogen) atoms. The predicted molar refractivity (Wildman–Crippen MR) is 96.2 cm³/mol. The quantitative estimate of drug-likeness (QED) is 0.616. The normalized spacial score (nSPS) is 13.7. The Morgan fingerprint density at radius 2 is 1.61 bits per heavy atom. The first-order chi connectivity index (χ1) is 11.2. The summed E-state index contributed by atoms with van der Waals surface area (Å²) in [6.07, 6.45) is 3.12. The summed E-state index contributed by atoms with van der Waals surface area (Å²) in [5.41, 5.74) is 2.58. The molecule has 2 rings (SSSR count). The lowest BCUT2D eigenvalue weighted by molar-refractivity contribution is -0.112. The third-order valence-electron chi connectivity index (χ3n) is 4.38. The van der Waals surface area contributed by atoms with Gasteiger partial charge in [-0.25, -0.2) is 0 Å². The van der Waals surface area contributed by atoms with Crippen LogP contribution >= 0.6 is 0 Å². The van der Waals surface area contributed by atoms with Crippen molar-refractivity contribution >= 4 is 6.29 Å². The third-order valence-corrected chi connectivity index (χ3v) is 4.38. The van der Waals surface area contributed by atoms with Gasteiger partial charge in [0, 0.05) is 25.0 Å². The molecule has 2 atom stereocenters. The molecular formula is C21H27NO. The van der Waals surface area contributed by atoms with Crippen LogP contribution in [0.3, 0.4) is 0 Å². The second-order valence-corrected chi connectivity index (χ2v) is 6.19. The van der Waals surface area contributed by atoms with Gasteiger partial charge >= 0.3 is 0 Å². The van der Waals surface area contributed by atoms with E-state index in [2.05, 4.69) is 67.3 Å². The van der Waals surface area contributed by atoms with E-state index in [9.17, 15) is 4.79 Å². The van der Waals surface area contributed by atoms with Crippen LogP contribution in [0.5, 0.6) is 0 Å². The van der Waals surface area contributed by atoms with Gasteiger partial charge in [-0.3, -0.25) is 4.90 Å². The minimum atomic E-state index is 0.106. The van der Waals surface area contributed by atoms with Gasteiger partial charge in [0.2, 0.25) is 0 Å². The Labute approximate surface area is 140 Å². The molecular weight excluding hydrogens is 282 g/mol. The van der Waals surface area contributed by atoms with Crippen molar-refractivity contribution in [2.45, 2.75) is 39.3 Å². The summed E-state index contributed by atoms with van der Waals surface area (Å²) in [6, 6.07) is 21.3. The zero-order chi connectivity index (χ0) is 16.5. The van der Waals surface area contributed by atoms with Gasteiger partial charge in [0.05, 0.1) is 0 Å². The van der Waals surface area contributed by atoms with Crippen LogP contribution in [0.2, 0.25) is 0 Å². The van der Waals surface area contributed by atoms with Crippen molar-refractivity contribution in [2.24, 2.45) is 5.92 Å². The number of benzene rings is 2. The molecule has 0 saturated carbocycles. The van der Waals surface area contributed by atoms with Crippen molar-refractivity contribution in [1.82, 2.24) is 4.90 Å². The van der Waals surface area contributed by atoms with Gasteiger partial charge in [-0.05, 0) is 24.5 Å². The van der Waals surface area contributed by atoms with Gasteiger partial charge in [0.15, 0.2) is 0 Å². The molecule has 0 aliphatic rings. The minimum Gasteiger partial charge on any atom is -0.303 e. The van der Waals surface area contributed by atoms with Crippen LogP contribution in [0.1, 0.15) is 43.9 Å². The Bertz CT molecular complexity index is 567. The molecule has 2 heteroatoms. The Morgan fingerprint density at radius 3 is 2.17 bits per heavy atom. The number of hydrogen-bond donors (Lipinski definition) is 0. The lowest BCUT2D eigenvalue weighted by Gasteiger charge is -2.31. The fourth-order valence-electron chi connectivity index (χ4n) is 2.99. The molecule has 122 valence electrons. The molecule has 0 saturated heterocycles. The molecule has 2 aromatic carbocycles.